The van der Waals surface area contributed by atoms with Crippen LogP contribution in [-0.4, -0.2) is 72.1 Å². The summed E-state index contributed by atoms with van der Waals surface area (Å²) in [4.78, 5) is 15.1. The number of nitrogens with one attached hydrogen (secondary N) is 3. The molecular formula is C21H23F2N9O3. The van der Waals surface area contributed by atoms with Gasteiger partial charge in [0.05, 0.1) is 33.1 Å². The fourth-order valence-electron chi connectivity index (χ4n) is 3.81. The third kappa shape index (κ3) is 4.27. The predicted molar refractivity (Wildman–Crippen MR) is 123 cm³/mol. The van der Waals surface area contributed by atoms with Crippen molar-refractivity contribution in [3.63, 3.8) is 0 Å². The quantitative estimate of drug-likeness (QED) is 0.451. The van der Waals surface area contributed by atoms with E-state index in [0.29, 0.717) is 55.1 Å². The zero-order chi connectivity index (χ0) is 24.4. The lowest BCUT2D eigenvalue weighted by molar-refractivity contribution is 0.0770. The highest BCUT2D eigenvalue weighted by Crippen LogP contribution is 2.46. The van der Waals surface area contributed by atoms with Crippen molar-refractivity contribution in [2.75, 3.05) is 61.4 Å². The molecule has 0 saturated carbocycles. The van der Waals surface area contributed by atoms with Gasteiger partial charge in [0.1, 0.15) is 11.4 Å². The number of nitrogens with zero attached hydrogens (tertiary/aromatic N) is 6. The number of morpholine rings is 1. The number of benzene rings is 1. The smallest absolute Gasteiger partial charge is 0.286 e. The lowest BCUT2D eigenvalue weighted by atomic mass is 10.1. The molecule has 3 N–H and O–H groups in total. The number of aromatic nitrogens is 5. The lowest BCUT2D eigenvalue weighted by Crippen LogP contribution is -2.48. The molecule has 0 bridgehead atoms. The minimum atomic E-state index is -2.94. The molecule has 2 aromatic heterocycles. The van der Waals surface area contributed by atoms with Gasteiger partial charge in [0.15, 0.2) is 11.6 Å². The highest BCUT2D eigenvalue weighted by Gasteiger charge is 2.50. The minimum absolute atomic E-state index is 0.0301. The summed E-state index contributed by atoms with van der Waals surface area (Å²) < 4.78 is 45.3. The SMILES string of the molecule is COc1ccc(Nc2nc(N3CCOCC3)nc(C3(C(F)F)Nc4cccc(OC)c4N3)n2)nn1. The number of halogens is 2. The van der Waals surface area contributed by atoms with Crippen LogP contribution in [0.25, 0.3) is 0 Å². The fraction of sp³-hybridized carbons (Fsp3) is 0.381. The molecule has 1 fully saturated rings. The molecule has 0 amide bonds. The topological polar surface area (TPSA) is 131 Å². The molecule has 1 atom stereocenters. The predicted octanol–water partition coefficient (Wildman–Crippen LogP) is 2.21. The fourth-order valence-corrected chi connectivity index (χ4v) is 3.81. The average molecular weight is 487 g/mol. The molecule has 184 valence electrons. The molecule has 1 unspecified atom stereocenters. The summed E-state index contributed by atoms with van der Waals surface area (Å²) in [6.45, 7) is 1.93. The van der Waals surface area contributed by atoms with Gasteiger partial charge >= 0.3 is 0 Å². The first-order chi connectivity index (χ1) is 17.0. The third-order valence-electron chi connectivity index (χ3n) is 5.59. The Kier molecular flexibility index (Phi) is 6.03. The molecule has 2 aliphatic heterocycles. The van der Waals surface area contributed by atoms with Crippen molar-refractivity contribution in [1.29, 1.82) is 0 Å². The lowest BCUT2D eigenvalue weighted by Gasteiger charge is -2.31. The van der Waals surface area contributed by atoms with Crippen LogP contribution in [0.2, 0.25) is 0 Å². The molecular weight excluding hydrogens is 464 g/mol. The molecule has 0 radical (unpaired) electrons. The van der Waals surface area contributed by atoms with E-state index in [9.17, 15) is 8.78 Å². The molecule has 2 aliphatic rings. The number of anilines is 5. The molecule has 1 aromatic carbocycles. The number of methoxy groups -OCH3 is 2. The van der Waals surface area contributed by atoms with Crippen molar-refractivity contribution in [3.05, 3.63) is 36.2 Å². The van der Waals surface area contributed by atoms with Gasteiger partial charge in [-0.3, -0.25) is 0 Å². The van der Waals surface area contributed by atoms with Crippen molar-refractivity contribution < 1.29 is 23.0 Å². The van der Waals surface area contributed by atoms with Gasteiger partial charge < -0.3 is 35.1 Å². The summed E-state index contributed by atoms with van der Waals surface area (Å²) in [5, 5.41) is 16.6. The Hall–Kier alpha value is -4.07. The summed E-state index contributed by atoms with van der Waals surface area (Å²) in [7, 11) is 2.94. The number of ether oxygens (including phenoxy) is 3. The second-order valence-electron chi connectivity index (χ2n) is 7.71. The Labute approximate surface area is 199 Å². The number of hydrogen-bond acceptors (Lipinski definition) is 12. The molecule has 4 heterocycles. The number of hydrogen-bond donors (Lipinski definition) is 3. The van der Waals surface area contributed by atoms with Gasteiger partial charge in [0.2, 0.25) is 23.4 Å². The first kappa shape index (κ1) is 22.7. The van der Waals surface area contributed by atoms with Crippen molar-refractivity contribution >= 4 is 29.1 Å². The van der Waals surface area contributed by atoms with Crippen LogP contribution in [0.3, 0.4) is 0 Å². The van der Waals surface area contributed by atoms with E-state index in [0.717, 1.165) is 0 Å². The van der Waals surface area contributed by atoms with Crippen LogP contribution in [0, 0.1) is 0 Å². The molecule has 14 heteroatoms. The average Bonchev–Trinajstić information content (AvgIpc) is 3.31. The Bertz CT molecular complexity index is 1200. The van der Waals surface area contributed by atoms with E-state index in [-0.39, 0.29) is 17.7 Å². The van der Waals surface area contributed by atoms with Gasteiger partial charge in [-0.05, 0) is 18.2 Å². The molecule has 5 rings (SSSR count). The summed E-state index contributed by atoms with van der Waals surface area (Å²) in [6, 6.07) is 8.27. The van der Waals surface area contributed by atoms with Gasteiger partial charge in [0, 0.05) is 19.2 Å². The Morgan fingerprint density at radius 1 is 1.03 bits per heavy atom. The van der Waals surface area contributed by atoms with Crippen LogP contribution in [-0.2, 0) is 10.4 Å². The van der Waals surface area contributed by atoms with Gasteiger partial charge in [-0.25, -0.2) is 8.78 Å². The van der Waals surface area contributed by atoms with E-state index in [4.69, 9.17) is 14.2 Å². The summed E-state index contributed by atoms with van der Waals surface area (Å²) in [5.41, 5.74) is -1.30. The zero-order valence-electron chi connectivity index (χ0n) is 19.0. The zero-order valence-corrected chi connectivity index (χ0v) is 19.0. The second-order valence-corrected chi connectivity index (χ2v) is 7.71. The maximum absolute atomic E-state index is 14.7. The highest BCUT2D eigenvalue weighted by atomic mass is 19.3. The van der Waals surface area contributed by atoms with Crippen LogP contribution in [0.1, 0.15) is 5.82 Å². The first-order valence-corrected chi connectivity index (χ1v) is 10.8. The van der Waals surface area contributed by atoms with E-state index in [1.807, 2.05) is 4.90 Å². The number of rotatable bonds is 7. The van der Waals surface area contributed by atoms with E-state index >= 15 is 0 Å². The van der Waals surface area contributed by atoms with Crippen LogP contribution in [0.4, 0.5) is 37.9 Å². The molecule has 3 aromatic rings. The summed E-state index contributed by atoms with van der Waals surface area (Å²) >= 11 is 0. The van der Waals surface area contributed by atoms with Crippen molar-refractivity contribution in [2.45, 2.75) is 12.1 Å². The Balaban J connectivity index is 1.57. The van der Waals surface area contributed by atoms with Crippen LogP contribution >= 0.6 is 0 Å². The maximum atomic E-state index is 14.7. The normalized spacial score (nSPS) is 19.1. The standard InChI is InChI=1S/C21H23F2N9O3/c1-33-13-5-3-4-12-16(13)29-21(28-12,17(22)23)18-25-19(24-14-6-7-15(34-2)31-30-14)27-20(26-18)32-8-10-35-11-9-32/h3-7,17,28-29H,8-11H2,1-2H3,(H,24,25,26,27,30). The molecule has 0 spiro atoms. The van der Waals surface area contributed by atoms with Gasteiger partial charge in [-0.2, -0.15) is 15.0 Å². The third-order valence-corrected chi connectivity index (χ3v) is 5.59. The molecule has 1 saturated heterocycles. The number of fused-ring (bicyclic) bond motifs is 1. The molecule has 35 heavy (non-hydrogen) atoms. The van der Waals surface area contributed by atoms with E-state index in [1.165, 1.54) is 14.2 Å². The second kappa shape index (κ2) is 9.29. The maximum Gasteiger partial charge on any atom is 0.286 e. The highest BCUT2D eigenvalue weighted by molar-refractivity contribution is 5.82. The van der Waals surface area contributed by atoms with Crippen molar-refractivity contribution in [2.24, 2.45) is 0 Å². The Morgan fingerprint density at radius 2 is 1.86 bits per heavy atom. The summed E-state index contributed by atoms with van der Waals surface area (Å²) in [5.74, 6) is 1.09. The van der Waals surface area contributed by atoms with Crippen molar-refractivity contribution in [3.8, 4) is 11.6 Å². The first-order valence-electron chi connectivity index (χ1n) is 10.8. The van der Waals surface area contributed by atoms with E-state index in [2.05, 4.69) is 41.1 Å². The monoisotopic (exact) mass is 487 g/mol. The van der Waals surface area contributed by atoms with Gasteiger partial charge in [-0.15, -0.1) is 10.2 Å². The van der Waals surface area contributed by atoms with Gasteiger partial charge in [-0.1, -0.05) is 6.07 Å². The van der Waals surface area contributed by atoms with Crippen LogP contribution < -0.4 is 30.3 Å². The van der Waals surface area contributed by atoms with Crippen LogP contribution in [0.5, 0.6) is 11.6 Å². The van der Waals surface area contributed by atoms with Crippen molar-refractivity contribution in [1.82, 2.24) is 25.1 Å². The van der Waals surface area contributed by atoms with E-state index < -0.39 is 12.1 Å². The molecule has 12 nitrogen and oxygen atoms in total. The summed E-state index contributed by atoms with van der Waals surface area (Å²) in [6.07, 6.45) is -2.94. The molecule has 0 aliphatic carbocycles. The van der Waals surface area contributed by atoms with E-state index in [1.54, 1.807) is 30.3 Å². The minimum Gasteiger partial charge on any atom is -0.495 e. The number of alkyl halides is 2. The van der Waals surface area contributed by atoms with Gasteiger partial charge in [0.25, 0.3) is 6.43 Å². The number of para-hydroxylation sites is 1. The Morgan fingerprint density at radius 3 is 2.54 bits per heavy atom. The van der Waals surface area contributed by atoms with Crippen LogP contribution in [0.15, 0.2) is 30.3 Å². The largest absolute Gasteiger partial charge is 0.495 e.